The molecule has 4 rings (SSSR count). The molecule has 6 heteroatoms. The second-order valence-electron chi connectivity index (χ2n) is 6.73. The van der Waals surface area contributed by atoms with Gasteiger partial charge in [0.25, 0.3) is 5.91 Å². The van der Waals surface area contributed by atoms with Crippen molar-refractivity contribution in [3.05, 3.63) is 66.2 Å². The average molecular weight is 380 g/mol. The number of esters is 1. The van der Waals surface area contributed by atoms with Gasteiger partial charge in [0.15, 0.2) is 0 Å². The van der Waals surface area contributed by atoms with E-state index < -0.39 is 11.5 Å². The molecular formula is C21H20N2O3S. The van der Waals surface area contributed by atoms with E-state index >= 15 is 0 Å². The minimum atomic E-state index is -0.993. The predicted molar refractivity (Wildman–Crippen MR) is 107 cm³/mol. The first-order valence-corrected chi connectivity index (χ1v) is 9.89. The lowest BCUT2D eigenvalue weighted by atomic mass is 9.73. The molecule has 3 atom stereocenters. The van der Waals surface area contributed by atoms with Crippen molar-refractivity contribution in [2.45, 2.75) is 25.2 Å². The van der Waals surface area contributed by atoms with E-state index in [4.69, 9.17) is 4.74 Å². The van der Waals surface area contributed by atoms with Crippen molar-refractivity contribution in [1.82, 2.24) is 0 Å². The van der Waals surface area contributed by atoms with Crippen LogP contribution in [0.25, 0.3) is 0 Å². The van der Waals surface area contributed by atoms with Gasteiger partial charge in [-0.05, 0) is 24.6 Å². The Morgan fingerprint density at radius 2 is 1.78 bits per heavy atom. The SMILES string of the molecule is CC(=O)O[C@@H]1CS[C@H](c2ccccc2)[C@@]12C(=O)N(c1ccccc1)N=C2C. The van der Waals surface area contributed by atoms with E-state index in [9.17, 15) is 9.59 Å². The number of carbonyl (C=O) groups is 2. The highest BCUT2D eigenvalue weighted by Crippen LogP contribution is 2.58. The number of hydrazone groups is 1. The Kier molecular flexibility index (Phi) is 4.52. The van der Waals surface area contributed by atoms with Crippen LogP contribution in [0.3, 0.4) is 0 Å². The van der Waals surface area contributed by atoms with Crippen molar-refractivity contribution >= 4 is 35.0 Å². The van der Waals surface area contributed by atoms with Crippen molar-refractivity contribution in [2.75, 3.05) is 10.8 Å². The summed E-state index contributed by atoms with van der Waals surface area (Å²) in [5, 5.41) is 5.90. The Labute approximate surface area is 162 Å². The molecule has 1 saturated heterocycles. The molecule has 0 N–H and O–H groups in total. The maximum absolute atomic E-state index is 13.7. The summed E-state index contributed by atoms with van der Waals surface area (Å²) in [6.07, 6.45) is -0.546. The van der Waals surface area contributed by atoms with E-state index in [1.807, 2.05) is 67.6 Å². The van der Waals surface area contributed by atoms with E-state index in [1.165, 1.54) is 11.9 Å². The Balaban J connectivity index is 1.83. The van der Waals surface area contributed by atoms with Crippen molar-refractivity contribution in [3.63, 3.8) is 0 Å². The van der Waals surface area contributed by atoms with Crippen molar-refractivity contribution in [1.29, 1.82) is 0 Å². The van der Waals surface area contributed by atoms with Crippen LogP contribution in [0.1, 0.15) is 24.7 Å². The second kappa shape index (κ2) is 6.85. The van der Waals surface area contributed by atoms with Gasteiger partial charge in [-0.2, -0.15) is 10.1 Å². The molecule has 0 radical (unpaired) electrons. The summed E-state index contributed by atoms with van der Waals surface area (Å²) in [5.41, 5.74) is 1.44. The monoisotopic (exact) mass is 380 g/mol. The Bertz CT molecular complexity index is 900. The summed E-state index contributed by atoms with van der Waals surface area (Å²) in [5.74, 6) is 0.0316. The molecule has 5 nitrogen and oxygen atoms in total. The first kappa shape index (κ1) is 17.8. The normalized spacial score (nSPS) is 27.1. The van der Waals surface area contributed by atoms with Gasteiger partial charge in [0.1, 0.15) is 11.5 Å². The number of carbonyl (C=O) groups excluding carboxylic acids is 2. The third-order valence-electron chi connectivity index (χ3n) is 5.14. The summed E-state index contributed by atoms with van der Waals surface area (Å²) in [6, 6.07) is 19.3. The molecule has 2 aliphatic rings. The number of hydrogen-bond donors (Lipinski definition) is 0. The van der Waals surface area contributed by atoms with Crippen LogP contribution < -0.4 is 5.01 Å². The highest BCUT2D eigenvalue weighted by atomic mass is 32.2. The topological polar surface area (TPSA) is 59.0 Å². The molecule has 0 aliphatic carbocycles. The molecule has 2 aliphatic heterocycles. The van der Waals surface area contributed by atoms with Gasteiger partial charge in [-0.25, -0.2) is 0 Å². The van der Waals surface area contributed by atoms with E-state index in [0.717, 1.165) is 5.56 Å². The van der Waals surface area contributed by atoms with E-state index in [0.29, 0.717) is 17.2 Å². The van der Waals surface area contributed by atoms with E-state index in [-0.39, 0.29) is 17.1 Å². The lowest BCUT2D eigenvalue weighted by Crippen LogP contribution is -2.50. The number of amides is 1. The van der Waals surface area contributed by atoms with Gasteiger partial charge < -0.3 is 4.74 Å². The third-order valence-corrected chi connectivity index (χ3v) is 6.61. The molecule has 27 heavy (non-hydrogen) atoms. The zero-order chi connectivity index (χ0) is 19.0. The molecule has 0 saturated carbocycles. The van der Waals surface area contributed by atoms with Gasteiger partial charge in [-0.1, -0.05) is 48.5 Å². The zero-order valence-electron chi connectivity index (χ0n) is 15.2. The summed E-state index contributed by atoms with van der Waals surface area (Å²) >= 11 is 1.64. The van der Waals surface area contributed by atoms with Gasteiger partial charge in [0.05, 0.1) is 16.6 Å². The molecule has 0 unspecified atom stereocenters. The molecule has 1 fully saturated rings. The third kappa shape index (κ3) is 2.75. The predicted octanol–water partition coefficient (Wildman–Crippen LogP) is 3.82. The fraction of sp³-hybridized carbons (Fsp3) is 0.286. The number of hydrogen-bond acceptors (Lipinski definition) is 5. The second-order valence-corrected chi connectivity index (χ2v) is 7.87. The quantitative estimate of drug-likeness (QED) is 0.760. The highest BCUT2D eigenvalue weighted by Gasteiger charge is 2.65. The lowest BCUT2D eigenvalue weighted by molar-refractivity contribution is -0.151. The van der Waals surface area contributed by atoms with Crippen LogP contribution in [0.5, 0.6) is 0 Å². The number of para-hydroxylation sites is 1. The number of ether oxygens (including phenoxy) is 1. The minimum absolute atomic E-state index is 0.142. The molecule has 2 aromatic carbocycles. The Hall–Kier alpha value is -2.60. The molecular weight excluding hydrogens is 360 g/mol. The van der Waals surface area contributed by atoms with Crippen LogP contribution >= 0.6 is 11.8 Å². The number of thioether (sulfide) groups is 1. The Morgan fingerprint density at radius 1 is 1.15 bits per heavy atom. The zero-order valence-corrected chi connectivity index (χ0v) is 16.0. The summed E-state index contributed by atoms with van der Waals surface area (Å²) in [4.78, 5) is 25.5. The molecule has 2 aromatic rings. The smallest absolute Gasteiger partial charge is 0.302 e. The fourth-order valence-corrected chi connectivity index (χ4v) is 5.69. The number of rotatable bonds is 3. The maximum Gasteiger partial charge on any atom is 0.302 e. The fourth-order valence-electron chi connectivity index (χ4n) is 3.95. The van der Waals surface area contributed by atoms with Crippen LogP contribution in [0, 0.1) is 5.41 Å². The number of anilines is 1. The minimum Gasteiger partial charge on any atom is -0.460 e. The first-order valence-electron chi connectivity index (χ1n) is 8.84. The van der Waals surface area contributed by atoms with Crippen LogP contribution in [-0.2, 0) is 14.3 Å². The summed E-state index contributed by atoms with van der Waals surface area (Å²) in [6.45, 7) is 3.24. The van der Waals surface area contributed by atoms with Crippen molar-refractivity contribution in [3.8, 4) is 0 Å². The number of nitrogens with zero attached hydrogens (tertiary/aromatic N) is 2. The molecule has 0 bridgehead atoms. The van der Waals surface area contributed by atoms with Gasteiger partial charge in [0.2, 0.25) is 0 Å². The Morgan fingerprint density at radius 3 is 2.41 bits per heavy atom. The van der Waals surface area contributed by atoms with Crippen LogP contribution in [0.4, 0.5) is 5.69 Å². The van der Waals surface area contributed by atoms with E-state index in [2.05, 4.69) is 5.10 Å². The first-order chi connectivity index (χ1) is 13.0. The number of benzene rings is 2. The molecule has 2 heterocycles. The van der Waals surface area contributed by atoms with Crippen LogP contribution in [0.2, 0.25) is 0 Å². The van der Waals surface area contributed by atoms with Gasteiger partial charge in [-0.3, -0.25) is 9.59 Å². The van der Waals surface area contributed by atoms with Gasteiger partial charge >= 0.3 is 5.97 Å². The molecule has 138 valence electrons. The van der Waals surface area contributed by atoms with Crippen molar-refractivity contribution < 1.29 is 14.3 Å². The van der Waals surface area contributed by atoms with Crippen LogP contribution in [-0.4, -0.2) is 29.4 Å². The van der Waals surface area contributed by atoms with Gasteiger partial charge in [0, 0.05) is 12.7 Å². The van der Waals surface area contributed by atoms with E-state index in [1.54, 1.807) is 11.8 Å². The maximum atomic E-state index is 13.7. The highest BCUT2D eigenvalue weighted by molar-refractivity contribution is 8.00. The molecule has 0 aromatic heterocycles. The summed E-state index contributed by atoms with van der Waals surface area (Å²) < 4.78 is 5.64. The largest absolute Gasteiger partial charge is 0.460 e. The summed E-state index contributed by atoms with van der Waals surface area (Å²) in [7, 11) is 0. The average Bonchev–Trinajstić information content (AvgIpc) is 3.17. The van der Waals surface area contributed by atoms with Crippen LogP contribution in [0.15, 0.2) is 65.8 Å². The van der Waals surface area contributed by atoms with Crippen molar-refractivity contribution in [2.24, 2.45) is 10.5 Å². The molecule has 1 amide bonds. The lowest BCUT2D eigenvalue weighted by Gasteiger charge is -2.33. The standard InChI is InChI=1S/C21H20N2O3S/c1-14-21(20(25)23(22-14)17-11-7-4-8-12-17)18(26-15(2)24)13-27-19(21)16-9-5-3-6-10-16/h3-12,18-19H,13H2,1-2H3/t18-,19-,21+/m1/s1. The van der Waals surface area contributed by atoms with Gasteiger partial charge in [-0.15, -0.1) is 11.8 Å². The molecule has 1 spiro atoms.